The molecule has 1 aliphatic heterocycles. The van der Waals surface area contributed by atoms with Gasteiger partial charge in [-0.05, 0) is 31.8 Å². The van der Waals surface area contributed by atoms with Gasteiger partial charge in [0.05, 0.1) is 12.1 Å². The molecular formula is C20H23N3O3. The summed E-state index contributed by atoms with van der Waals surface area (Å²) in [6.07, 6.45) is 0.312. The first-order valence-corrected chi connectivity index (χ1v) is 8.58. The van der Waals surface area contributed by atoms with E-state index in [9.17, 15) is 9.59 Å². The van der Waals surface area contributed by atoms with Gasteiger partial charge in [0.2, 0.25) is 5.91 Å². The molecule has 1 N–H and O–H groups in total. The number of carbonyl (C=O) groups is 2. The number of fused-ring (bicyclic) bond motifs is 1. The van der Waals surface area contributed by atoms with Crippen molar-refractivity contribution >= 4 is 23.2 Å². The minimum absolute atomic E-state index is 0.0157. The fraction of sp³-hybridized carbons (Fsp3) is 0.300. The fourth-order valence-corrected chi connectivity index (χ4v) is 2.81. The Morgan fingerprint density at radius 2 is 1.96 bits per heavy atom. The van der Waals surface area contributed by atoms with E-state index in [-0.39, 0.29) is 18.4 Å². The molecule has 2 amide bonds. The molecule has 1 heterocycles. The summed E-state index contributed by atoms with van der Waals surface area (Å²) in [6, 6.07) is 15.0. The molecule has 26 heavy (non-hydrogen) atoms. The predicted molar refractivity (Wildman–Crippen MR) is 102 cm³/mol. The molecule has 0 unspecified atom stereocenters. The number of carbonyl (C=O) groups excluding carboxylic acids is 2. The van der Waals surface area contributed by atoms with Gasteiger partial charge in [-0.3, -0.25) is 9.59 Å². The highest BCUT2D eigenvalue weighted by molar-refractivity contribution is 5.99. The molecule has 3 rings (SSSR count). The van der Waals surface area contributed by atoms with Crippen molar-refractivity contribution in [2.45, 2.75) is 6.42 Å². The third kappa shape index (κ3) is 4.40. The summed E-state index contributed by atoms with van der Waals surface area (Å²) in [4.78, 5) is 28.1. The van der Waals surface area contributed by atoms with Crippen molar-refractivity contribution in [2.75, 3.05) is 44.0 Å². The first-order chi connectivity index (χ1) is 12.5. The van der Waals surface area contributed by atoms with Crippen LogP contribution in [-0.2, 0) is 16.0 Å². The van der Waals surface area contributed by atoms with Crippen LogP contribution in [0.15, 0.2) is 48.5 Å². The lowest BCUT2D eigenvalue weighted by atomic mass is 10.1. The molecule has 0 aromatic heterocycles. The van der Waals surface area contributed by atoms with E-state index in [1.54, 1.807) is 17.0 Å². The van der Waals surface area contributed by atoms with Gasteiger partial charge in [-0.15, -0.1) is 0 Å². The number of anilines is 2. The maximum Gasteiger partial charge on any atom is 0.265 e. The number of nitrogens with one attached hydrogen (secondary N) is 1. The summed E-state index contributed by atoms with van der Waals surface area (Å²) in [6.45, 7) is 1.38. The second kappa shape index (κ2) is 8.01. The van der Waals surface area contributed by atoms with Crippen LogP contribution in [-0.4, -0.2) is 50.5 Å². The largest absolute Gasteiger partial charge is 0.481 e. The van der Waals surface area contributed by atoms with Gasteiger partial charge in [-0.1, -0.05) is 30.3 Å². The standard InChI is InChI=1S/C20H23N3O3/c1-22(2)10-11-23-17-9-8-16(13-18(17)26-14-20(23)25)21-19(24)12-15-6-4-3-5-7-15/h3-9,13H,10-12,14H2,1-2H3,(H,21,24). The maximum atomic E-state index is 12.2. The number of hydrogen-bond acceptors (Lipinski definition) is 4. The topological polar surface area (TPSA) is 61.9 Å². The minimum atomic E-state index is -0.0903. The Kier molecular flexibility index (Phi) is 5.53. The fourth-order valence-electron chi connectivity index (χ4n) is 2.81. The van der Waals surface area contributed by atoms with Gasteiger partial charge in [0.1, 0.15) is 5.75 Å². The SMILES string of the molecule is CN(C)CCN1C(=O)COc2cc(NC(=O)Cc3ccccc3)ccc21. The second-order valence-corrected chi connectivity index (χ2v) is 6.53. The number of rotatable bonds is 6. The molecule has 0 spiro atoms. The first kappa shape index (κ1) is 17.9. The van der Waals surface area contributed by atoms with Gasteiger partial charge >= 0.3 is 0 Å². The predicted octanol–water partition coefficient (Wildman–Crippen LogP) is 2.15. The molecular weight excluding hydrogens is 330 g/mol. The average Bonchev–Trinajstić information content (AvgIpc) is 2.61. The molecule has 6 heteroatoms. The van der Waals surface area contributed by atoms with E-state index in [1.165, 1.54) is 0 Å². The van der Waals surface area contributed by atoms with Crippen molar-refractivity contribution in [1.29, 1.82) is 0 Å². The molecule has 0 bridgehead atoms. The molecule has 0 saturated heterocycles. The number of ether oxygens (including phenoxy) is 1. The Balaban J connectivity index is 1.70. The molecule has 1 aliphatic rings. The number of nitrogens with zero attached hydrogens (tertiary/aromatic N) is 2. The van der Waals surface area contributed by atoms with Crippen molar-refractivity contribution in [3.05, 3.63) is 54.1 Å². The molecule has 0 aliphatic carbocycles. The van der Waals surface area contributed by atoms with Crippen LogP contribution >= 0.6 is 0 Å². The van der Waals surface area contributed by atoms with Gasteiger partial charge in [-0.25, -0.2) is 0 Å². The Bertz CT molecular complexity index is 790. The van der Waals surface area contributed by atoms with Crippen molar-refractivity contribution in [1.82, 2.24) is 4.90 Å². The van der Waals surface area contributed by atoms with E-state index >= 15 is 0 Å². The van der Waals surface area contributed by atoms with Crippen LogP contribution in [0.5, 0.6) is 5.75 Å². The van der Waals surface area contributed by atoms with Crippen molar-refractivity contribution in [3.8, 4) is 5.75 Å². The van der Waals surface area contributed by atoms with Crippen LogP contribution in [0.25, 0.3) is 0 Å². The summed E-state index contributed by atoms with van der Waals surface area (Å²) in [7, 11) is 3.94. The summed E-state index contributed by atoms with van der Waals surface area (Å²) >= 11 is 0. The Morgan fingerprint density at radius 1 is 1.19 bits per heavy atom. The number of benzene rings is 2. The lowest BCUT2D eigenvalue weighted by Gasteiger charge is -2.30. The number of amides is 2. The maximum absolute atomic E-state index is 12.2. The molecule has 6 nitrogen and oxygen atoms in total. The summed E-state index contributed by atoms with van der Waals surface area (Å²) in [5.74, 6) is 0.466. The lowest BCUT2D eigenvalue weighted by Crippen LogP contribution is -2.42. The van der Waals surface area contributed by atoms with Gasteiger partial charge < -0.3 is 19.9 Å². The Morgan fingerprint density at radius 3 is 2.69 bits per heavy atom. The van der Waals surface area contributed by atoms with E-state index in [4.69, 9.17) is 4.74 Å². The third-order valence-corrected chi connectivity index (χ3v) is 4.16. The highest BCUT2D eigenvalue weighted by Gasteiger charge is 2.25. The van der Waals surface area contributed by atoms with Crippen LogP contribution in [0, 0.1) is 0 Å². The van der Waals surface area contributed by atoms with E-state index < -0.39 is 0 Å². The molecule has 2 aromatic rings. The molecule has 0 radical (unpaired) electrons. The number of hydrogen-bond donors (Lipinski definition) is 1. The minimum Gasteiger partial charge on any atom is -0.481 e. The van der Waals surface area contributed by atoms with E-state index in [1.807, 2.05) is 55.4 Å². The van der Waals surface area contributed by atoms with Crippen LogP contribution in [0.3, 0.4) is 0 Å². The van der Waals surface area contributed by atoms with E-state index in [2.05, 4.69) is 5.32 Å². The van der Waals surface area contributed by atoms with Gasteiger partial charge in [0.15, 0.2) is 6.61 Å². The Hall–Kier alpha value is -2.86. The highest BCUT2D eigenvalue weighted by Crippen LogP contribution is 2.34. The van der Waals surface area contributed by atoms with Gasteiger partial charge in [0.25, 0.3) is 5.91 Å². The smallest absolute Gasteiger partial charge is 0.265 e. The summed E-state index contributed by atoms with van der Waals surface area (Å²) in [5.41, 5.74) is 2.36. The highest BCUT2D eigenvalue weighted by atomic mass is 16.5. The zero-order chi connectivity index (χ0) is 18.5. The molecule has 2 aromatic carbocycles. The quantitative estimate of drug-likeness (QED) is 0.864. The summed E-state index contributed by atoms with van der Waals surface area (Å²) < 4.78 is 5.56. The Labute approximate surface area is 153 Å². The van der Waals surface area contributed by atoms with Crippen LogP contribution in [0.1, 0.15) is 5.56 Å². The van der Waals surface area contributed by atoms with Crippen molar-refractivity contribution in [3.63, 3.8) is 0 Å². The van der Waals surface area contributed by atoms with E-state index in [0.717, 1.165) is 17.8 Å². The molecule has 0 atom stereocenters. The normalized spacial score (nSPS) is 13.3. The first-order valence-electron chi connectivity index (χ1n) is 8.58. The van der Waals surface area contributed by atoms with Gasteiger partial charge in [-0.2, -0.15) is 0 Å². The second-order valence-electron chi connectivity index (χ2n) is 6.53. The van der Waals surface area contributed by atoms with Gasteiger partial charge in [0, 0.05) is 24.8 Å². The average molecular weight is 353 g/mol. The lowest BCUT2D eigenvalue weighted by molar-refractivity contribution is -0.121. The molecule has 0 saturated carbocycles. The van der Waals surface area contributed by atoms with Crippen LogP contribution < -0.4 is 15.0 Å². The third-order valence-electron chi connectivity index (χ3n) is 4.16. The monoisotopic (exact) mass is 353 g/mol. The summed E-state index contributed by atoms with van der Waals surface area (Å²) in [5, 5.41) is 2.89. The zero-order valence-electron chi connectivity index (χ0n) is 15.1. The van der Waals surface area contributed by atoms with Crippen molar-refractivity contribution < 1.29 is 14.3 Å². The number of likely N-dealkylation sites (N-methyl/N-ethyl adjacent to an activating group) is 1. The van der Waals surface area contributed by atoms with Crippen LogP contribution in [0.2, 0.25) is 0 Å². The van der Waals surface area contributed by atoms with E-state index in [0.29, 0.717) is 24.4 Å². The zero-order valence-corrected chi connectivity index (χ0v) is 15.1. The van der Waals surface area contributed by atoms with Crippen LogP contribution in [0.4, 0.5) is 11.4 Å². The molecule has 136 valence electrons. The van der Waals surface area contributed by atoms with Crippen molar-refractivity contribution in [2.24, 2.45) is 0 Å². The molecule has 0 fully saturated rings.